The predicted octanol–water partition coefficient (Wildman–Crippen LogP) is 2.77. The van der Waals surface area contributed by atoms with Crippen molar-refractivity contribution in [2.75, 3.05) is 7.05 Å². The molecule has 0 aliphatic carbocycles. The minimum atomic E-state index is -0.858. The van der Waals surface area contributed by atoms with Crippen LogP contribution >= 0.6 is 11.6 Å². The number of hydrogen-bond acceptors (Lipinski definition) is 2. The van der Waals surface area contributed by atoms with Crippen LogP contribution in [0, 0.1) is 5.82 Å². The number of rotatable bonds is 5. The molecule has 1 N–H and O–H groups in total. The van der Waals surface area contributed by atoms with Gasteiger partial charge in [-0.3, -0.25) is 9.69 Å². The molecular weight excluding hydrogens is 245 g/mol. The average molecular weight is 260 g/mol. The number of nitrogens with zero attached hydrogens (tertiary/aromatic N) is 1. The number of benzene rings is 1. The Morgan fingerprint density at radius 1 is 1.59 bits per heavy atom. The summed E-state index contributed by atoms with van der Waals surface area (Å²) in [5.74, 6) is -1.33. The number of carboxylic acids is 1. The topological polar surface area (TPSA) is 40.5 Å². The van der Waals surface area contributed by atoms with Crippen molar-refractivity contribution < 1.29 is 14.3 Å². The lowest BCUT2D eigenvalue weighted by Crippen LogP contribution is -2.37. The van der Waals surface area contributed by atoms with Crippen LogP contribution in [0.3, 0.4) is 0 Å². The van der Waals surface area contributed by atoms with Crippen LogP contribution in [-0.2, 0) is 11.3 Å². The highest BCUT2D eigenvalue weighted by molar-refractivity contribution is 6.30. The van der Waals surface area contributed by atoms with E-state index in [1.54, 1.807) is 18.0 Å². The van der Waals surface area contributed by atoms with E-state index in [-0.39, 0.29) is 5.02 Å². The van der Waals surface area contributed by atoms with Gasteiger partial charge in [-0.1, -0.05) is 24.6 Å². The zero-order valence-electron chi connectivity index (χ0n) is 9.78. The van der Waals surface area contributed by atoms with Crippen LogP contribution < -0.4 is 0 Å². The molecule has 0 aliphatic rings. The van der Waals surface area contributed by atoms with Crippen molar-refractivity contribution in [3.63, 3.8) is 0 Å². The Morgan fingerprint density at radius 2 is 2.24 bits per heavy atom. The maximum Gasteiger partial charge on any atom is 0.320 e. The van der Waals surface area contributed by atoms with Crippen molar-refractivity contribution in [3.8, 4) is 0 Å². The SMILES string of the molecule is CCC(C(=O)O)N(C)Cc1ccc(F)c(Cl)c1. The first-order chi connectivity index (χ1) is 7.95. The van der Waals surface area contributed by atoms with Crippen LogP contribution in [0.5, 0.6) is 0 Å². The summed E-state index contributed by atoms with van der Waals surface area (Å²) in [6, 6.07) is 3.86. The molecule has 1 unspecified atom stereocenters. The van der Waals surface area contributed by atoms with Crippen molar-refractivity contribution in [3.05, 3.63) is 34.6 Å². The molecule has 0 aliphatic heterocycles. The molecule has 0 saturated carbocycles. The fourth-order valence-electron chi connectivity index (χ4n) is 1.71. The minimum Gasteiger partial charge on any atom is -0.480 e. The molecule has 0 aromatic heterocycles. The Hall–Kier alpha value is -1.13. The first kappa shape index (κ1) is 13.9. The number of likely N-dealkylation sites (N-methyl/N-ethyl adjacent to an activating group) is 1. The van der Waals surface area contributed by atoms with Gasteiger partial charge in [-0.05, 0) is 31.2 Å². The maximum atomic E-state index is 12.9. The molecule has 5 heteroatoms. The summed E-state index contributed by atoms with van der Waals surface area (Å²) >= 11 is 5.66. The van der Waals surface area contributed by atoms with Crippen molar-refractivity contribution in [1.29, 1.82) is 0 Å². The molecule has 0 heterocycles. The summed E-state index contributed by atoms with van der Waals surface area (Å²) in [5.41, 5.74) is 0.790. The molecule has 94 valence electrons. The average Bonchev–Trinajstić information content (AvgIpc) is 2.24. The molecule has 17 heavy (non-hydrogen) atoms. The van der Waals surface area contributed by atoms with E-state index >= 15 is 0 Å². The highest BCUT2D eigenvalue weighted by atomic mass is 35.5. The largest absolute Gasteiger partial charge is 0.480 e. The summed E-state index contributed by atoms with van der Waals surface area (Å²) in [4.78, 5) is 12.7. The van der Waals surface area contributed by atoms with E-state index in [9.17, 15) is 9.18 Å². The molecule has 1 rings (SSSR count). The Kier molecular flexibility index (Phi) is 4.90. The van der Waals surface area contributed by atoms with Crippen molar-refractivity contribution >= 4 is 17.6 Å². The summed E-state index contributed by atoms with van der Waals surface area (Å²) in [7, 11) is 1.72. The molecule has 0 fully saturated rings. The summed E-state index contributed by atoms with van der Waals surface area (Å²) < 4.78 is 12.9. The minimum absolute atomic E-state index is 0.0549. The lowest BCUT2D eigenvalue weighted by atomic mass is 10.1. The van der Waals surface area contributed by atoms with E-state index in [0.717, 1.165) is 5.56 Å². The van der Waals surface area contributed by atoms with Crippen LogP contribution in [0.1, 0.15) is 18.9 Å². The first-order valence-electron chi connectivity index (χ1n) is 5.32. The van der Waals surface area contributed by atoms with Crippen LogP contribution in [0.15, 0.2) is 18.2 Å². The molecule has 1 atom stereocenters. The predicted molar refractivity (Wildman–Crippen MR) is 64.6 cm³/mol. The molecule has 1 aromatic carbocycles. The lowest BCUT2D eigenvalue weighted by molar-refractivity contribution is -0.143. The van der Waals surface area contributed by atoms with Gasteiger partial charge in [0.05, 0.1) is 5.02 Å². The van der Waals surface area contributed by atoms with Gasteiger partial charge in [0.15, 0.2) is 0 Å². The van der Waals surface area contributed by atoms with E-state index in [0.29, 0.717) is 13.0 Å². The fraction of sp³-hybridized carbons (Fsp3) is 0.417. The second-order valence-corrected chi connectivity index (χ2v) is 4.33. The van der Waals surface area contributed by atoms with Gasteiger partial charge in [-0.15, -0.1) is 0 Å². The van der Waals surface area contributed by atoms with E-state index in [2.05, 4.69) is 0 Å². The van der Waals surface area contributed by atoms with Crippen molar-refractivity contribution in [2.45, 2.75) is 25.9 Å². The number of halogens is 2. The first-order valence-corrected chi connectivity index (χ1v) is 5.70. The number of aliphatic carboxylic acids is 1. The molecule has 3 nitrogen and oxygen atoms in total. The highest BCUT2D eigenvalue weighted by Crippen LogP contribution is 2.18. The zero-order chi connectivity index (χ0) is 13.0. The van der Waals surface area contributed by atoms with Crippen molar-refractivity contribution in [1.82, 2.24) is 4.90 Å². The summed E-state index contributed by atoms with van der Waals surface area (Å²) in [6.07, 6.45) is 0.515. The molecule has 0 bridgehead atoms. The van der Waals surface area contributed by atoms with Crippen LogP contribution in [0.25, 0.3) is 0 Å². The molecule has 1 aromatic rings. The molecule has 0 spiro atoms. The van der Waals surface area contributed by atoms with Gasteiger partial charge in [0, 0.05) is 6.54 Å². The normalized spacial score (nSPS) is 12.8. The summed E-state index contributed by atoms with van der Waals surface area (Å²) in [6.45, 7) is 2.23. The number of carboxylic acid groups (broad SMARTS) is 1. The fourth-order valence-corrected chi connectivity index (χ4v) is 1.91. The Balaban J connectivity index is 2.76. The van der Waals surface area contributed by atoms with Gasteiger partial charge < -0.3 is 5.11 Å². The molecule has 0 radical (unpaired) electrons. The van der Waals surface area contributed by atoms with Gasteiger partial charge in [0.25, 0.3) is 0 Å². The van der Waals surface area contributed by atoms with Crippen LogP contribution in [0.4, 0.5) is 4.39 Å². The Labute approximate surface area is 105 Å². The highest BCUT2D eigenvalue weighted by Gasteiger charge is 2.20. The lowest BCUT2D eigenvalue weighted by Gasteiger charge is -2.23. The second-order valence-electron chi connectivity index (χ2n) is 3.93. The van der Waals surface area contributed by atoms with Gasteiger partial charge in [0.2, 0.25) is 0 Å². The Morgan fingerprint density at radius 3 is 2.71 bits per heavy atom. The van der Waals surface area contributed by atoms with Gasteiger partial charge in [0.1, 0.15) is 11.9 Å². The molecular formula is C12H15ClFNO2. The molecule has 0 saturated heterocycles. The second kappa shape index (κ2) is 5.98. The van der Waals surface area contributed by atoms with Gasteiger partial charge >= 0.3 is 5.97 Å². The van der Waals surface area contributed by atoms with Gasteiger partial charge in [-0.25, -0.2) is 4.39 Å². The monoisotopic (exact) mass is 259 g/mol. The van der Waals surface area contributed by atoms with E-state index in [1.807, 2.05) is 6.92 Å². The van der Waals surface area contributed by atoms with Gasteiger partial charge in [-0.2, -0.15) is 0 Å². The number of hydrogen-bond donors (Lipinski definition) is 1. The standard InChI is InChI=1S/C12H15ClFNO2/c1-3-11(12(16)17)15(2)7-8-4-5-10(14)9(13)6-8/h4-6,11H,3,7H2,1-2H3,(H,16,17). The maximum absolute atomic E-state index is 12.9. The third-order valence-electron chi connectivity index (χ3n) is 2.62. The third-order valence-corrected chi connectivity index (χ3v) is 2.91. The zero-order valence-corrected chi connectivity index (χ0v) is 10.5. The number of carbonyl (C=O) groups is 1. The third kappa shape index (κ3) is 3.68. The Bertz CT molecular complexity index is 411. The van der Waals surface area contributed by atoms with E-state index in [4.69, 9.17) is 16.7 Å². The van der Waals surface area contributed by atoms with Crippen LogP contribution in [-0.4, -0.2) is 29.1 Å². The van der Waals surface area contributed by atoms with E-state index < -0.39 is 17.8 Å². The summed E-state index contributed by atoms with van der Waals surface area (Å²) in [5, 5.41) is 9.05. The molecule has 0 amide bonds. The van der Waals surface area contributed by atoms with Crippen molar-refractivity contribution in [2.24, 2.45) is 0 Å². The van der Waals surface area contributed by atoms with Crippen LogP contribution in [0.2, 0.25) is 5.02 Å². The smallest absolute Gasteiger partial charge is 0.320 e. The quantitative estimate of drug-likeness (QED) is 0.884. The van der Waals surface area contributed by atoms with E-state index in [1.165, 1.54) is 12.1 Å².